The van der Waals surface area contributed by atoms with Gasteiger partial charge in [0.2, 0.25) is 0 Å². The zero-order valence-electron chi connectivity index (χ0n) is 10.4. The van der Waals surface area contributed by atoms with E-state index in [2.05, 4.69) is 0 Å². The fraction of sp³-hybridized carbons (Fsp3) is 0.385. The minimum absolute atomic E-state index is 0.0678. The fourth-order valence-corrected chi connectivity index (χ4v) is 1.72. The Morgan fingerprint density at radius 3 is 2.33 bits per heavy atom. The van der Waals surface area contributed by atoms with Crippen LogP contribution in [0.25, 0.3) is 0 Å². The Kier molecular flexibility index (Phi) is 4.65. The predicted molar refractivity (Wildman–Crippen MR) is 67.2 cm³/mol. The Balaban J connectivity index is 3.32. The molecule has 0 saturated heterocycles. The topological polar surface area (TPSA) is 76.8 Å². The summed E-state index contributed by atoms with van der Waals surface area (Å²) in [5.74, 6) is -0.333. The van der Waals surface area contributed by atoms with Crippen LogP contribution in [0.1, 0.15) is 24.1 Å². The molecule has 2 N–H and O–H groups in total. The van der Waals surface area contributed by atoms with Crippen LogP contribution in [0, 0.1) is 35.4 Å². The van der Waals surface area contributed by atoms with Crippen molar-refractivity contribution in [3.63, 3.8) is 0 Å². The van der Waals surface area contributed by atoms with Gasteiger partial charge in [-0.25, -0.2) is 4.39 Å². The van der Waals surface area contributed by atoms with E-state index in [0.29, 0.717) is 16.8 Å². The van der Waals surface area contributed by atoms with E-state index in [1.54, 1.807) is 24.8 Å². The van der Waals surface area contributed by atoms with Crippen LogP contribution >= 0.6 is 0 Å². The van der Waals surface area contributed by atoms with Crippen LogP contribution in [-0.2, 0) is 0 Å². The first-order chi connectivity index (χ1) is 8.51. The van der Waals surface area contributed by atoms with Crippen LogP contribution in [0.15, 0.2) is 12.1 Å². The van der Waals surface area contributed by atoms with Crippen molar-refractivity contribution < 1.29 is 4.39 Å². The summed E-state index contributed by atoms with van der Waals surface area (Å²) in [7, 11) is 0. The summed E-state index contributed by atoms with van der Waals surface area (Å²) >= 11 is 0. The predicted octanol–water partition coefficient (Wildman–Crippen LogP) is 2.01. The summed E-state index contributed by atoms with van der Waals surface area (Å²) in [6.45, 7) is 3.52. The molecule has 1 unspecified atom stereocenters. The summed E-state index contributed by atoms with van der Waals surface area (Å²) in [5, 5.41) is 17.5. The molecular formula is C13H15FN4. The molecule has 0 radical (unpaired) electrons. The lowest BCUT2D eigenvalue weighted by Crippen LogP contribution is -2.26. The fourth-order valence-electron chi connectivity index (χ4n) is 1.72. The number of aryl methyl sites for hydroxylation is 1. The summed E-state index contributed by atoms with van der Waals surface area (Å²) in [6.07, 6.45) is 0. The zero-order valence-corrected chi connectivity index (χ0v) is 10.4. The molecule has 0 aliphatic heterocycles. The minimum atomic E-state index is -0.366. The van der Waals surface area contributed by atoms with E-state index in [0.717, 1.165) is 0 Å². The second kappa shape index (κ2) is 6.00. The standard InChI is InChI=1S/C13H15FN4/c1-9-7-13(18(5-3-15)6-4-16)11(10(2)17)8-12(9)14/h7-8,10H,5-6,17H2,1-2H3. The smallest absolute Gasteiger partial charge is 0.126 e. The average Bonchev–Trinajstić information content (AvgIpc) is 2.31. The highest BCUT2D eigenvalue weighted by Gasteiger charge is 2.16. The number of halogens is 1. The van der Waals surface area contributed by atoms with Gasteiger partial charge in [0, 0.05) is 11.7 Å². The average molecular weight is 246 g/mol. The van der Waals surface area contributed by atoms with Gasteiger partial charge in [0.15, 0.2) is 0 Å². The largest absolute Gasteiger partial charge is 0.345 e. The van der Waals surface area contributed by atoms with Crippen molar-refractivity contribution in [3.8, 4) is 12.1 Å². The van der Waals surface area contributed by atoms with E-state index < -0.39 is 0 Å². The maximum absolute atomic E-state index is 13.6. The maximum atomic E-state index is 13.6. The first-order valence-electron chi connectivity index (χ1n) is 5.55. The third-order valence-electron chi connectivity index (χ3n) is 2.66. The van der Waals surface area contributed by atoms with E-state index in [1.165, 1.54) is 6.07 Å². The van der Waals surface area contributed by atoms with Gasteiger partial charge in [-0.1, -0.05) is 0 Å². The highest BCUT2D eigenvalue weighted by atomic mass is 19.1. The Labute approximate surface area is 106 Å². The lowest BCUT2D eigenvalue weighted by Gasteiger charge is -2.24. The van der Waals surface area contributed by atoms with Gasteiger partial charge in [0.05, 0.1) is 12.1 Å². The number of anilines is 1. The highest BCUT2D eigenvalue weighted by molar-refractivity contribution is 5.58. The molecule has 1 aromatic carbocycles. The lowest BCUT2D eigenvalue weighted by atomic mass is 10.0. The number of hydrogen-bond acceptors (Lipinski definition) is 4. The molecule has 1 aromatic rings. The first kappa shape index (κ1) is 14.0. The number of nitriles is 2. The quantitative estimate of drug-likeness (QED) is 0.824. The third kappa shape index (κ3) is 2.97. The van der Waals surface area contributed by atoms with Crippen molar-refractivity contribution >= 4 is 5.69 Å². The molecule has 1 rings (SSSR count). The van der Waals surface area contributed by atoms with E-state index in [4.69, 9.17) is 16.3 Å². The van der Waals surface area contributed by atoms with Gasteiger partial charge in [-0.15, -0.1) is 0 Å². The molecule has 0 bridgehead atoms. The van der Waals surface area contributed by atoms with Crippen LogP contribution < -0.4 is 10.6 Å². The summed E-state index contributed by atoms with van der Waals surface area (Å²) < 4.78 is 13.6. The highest BCUT2D eigenvalue weighted by Crippen LogP contribution is 2.28. The SMILES string of the molecule is Cc1cc(N(CC#N)CC#N)c(C(C)N)cc1F. The van der Waals surface area contributed by atoms with Crippen LogP contribution in [-0.4, -0.2) is 13.1 Å². The van der Waals surface area contributed by atoms with E-state index in [1.807, 2.05) is 12.1 Å². The number of benzene rings is 1. The van der Waals surface area contributed by atoms with Crippen molar-refractivity contribution in [1.29, 1.82) is 10.5 Å². The molecular weight excluding hydrogens is 231 g/mol. The number of rotatable bonds is 4. The molecule has 0 aliphatic rings. The van der Waals surface area contributed by atoms with Crippen molar-refractivity contribution in [2.45, 2.75) is 19.9 Å². The molecule has 0 spiro atoms. The Hall–Kier alpha value is -2.11. The second-order valence-electron chi connectivity index (χ2n) is 4.12. The molecule has 0 aliphatic carbocycles. The summed E-state index contributed by atoms with van der Waals surface area (Å²) in [4.78, 5) is 1.59. The number of nitrogens with two attached hydrogens (primary N) is 1. The van der Waals surface area contributed by atoms with Crippen molar-refractivity contribution in [3.05, 3.63) is 29.1 Å². The van der Waals surface area contributed by atoms with Gasteiger partial charge in [-0.05, 0) is 37.1 Å². The molecule has 0 aromatic heterocycles. The second-order valence-corrected chi connectivity index (χ2v) is 4.12. The van der Waals surface area contributed by atoms with Gasteiger partial charge in [0.25, 0.3) is 0 Å². The van der Waals surface area contributed by atoms with Crippen molar-refractivity contribution in [1.82, 2.24) is 0 Å². The first-order valence-corrected chi connectivity index (χ1v) is 5.55. The van der Waals surface area contributed by atoms with Crippen LogP contribution in [0.3, 0.4) is 0 Å². The Bertz CT molecular complexity index is 495. The van der Waals surface area contributed by atoms with Crippen LogP contribution in [0.2, 0.25) is 0 Å². The van der Waals surface area contributed by atoms with Gasteiger partial charge < -0.3 is 10.6 Å². The number of hydrogen-bond donors (Lipinski definition) is 1. The van der Waals surface area contributed by atoms with Crippen LogP contribution in [0.4, 0.5) is 10.1 Å². The molecule has 18 heavy (non-hydrogen) atoms. The van der Waals surface area contributed by atoms with Crippen LogP contribution in [0.5, 0.6) is 0 Å². The normalized spacial score (nSPS) is 11.4. The van der Waals surface area contributed by atoms with Gasteiger partial charge in [-0.2, -0.15) is 10.5 Å². The van der Waals surface area contributed by atoms with Gasteiger partial charge in [-0.3, -0.25) is 0 Å². The molecule has 0 fully saturated rings. The molecule has 0 saturated carbocycles. The monoisotopic (exact) mass is 246 g/mol. The molecule has 0 heterocycles. The summed E-state index contributed by atoms with van der Waals surface area (Å²) in [6, 6.07) is 6.62. The molecule has 5 heteroatoms. The van der Waals surface area contributed by atoms with Gasteiger partial charge in [0.1, 0.15) is 18.9 Å². The molecule has 0 amide bonds. The molecule has 1 atom stereocenters. The Morgan fingerprint density at radius 1 is 1.33 bits per heavy atom. The van der Waals surface area contributed by atoms with Crippen molar-refractivity contribution in [2.24, 2.45) is 5.73 Å². The van der Waals surface area contributed by atoms with Gasteiger partial charge >= 0.3 is 0 Å². The van der Waals surface area contributed by atoms with Crippen molar-refractivity contribution in [2.75, 3.05) is 18.0 Å². The molecule has 94 valence electrons. The maximum Gasteiger partial charge on any atom is 0.126 e. The van der Waals surface area contributed by atoms with E-state index in [9.17, 15) is 4.39 Å². The Morgan fingerprint density at radius 2 is 1.89 bits per heavy atom. The zero-order chi connectivity index (χ0) is 13.7. The van der Waals surface area contributed by atoms with E-state index in [-0.39, 0.29) is 24.9 Å². The number of nitrogens with zero attached hydrogens (tertiary/aromatic N) is 3. The lowest BCUT2D eigenvalue weighted by molar-refractivity contribution is 0.612. The van der Waals surface area contributed by atoms with E-state index >= 15 is 0 Å². The third-order valence-corrected chi connectivity index (χ3v) is 2.66. The summed E-state index contributed by atoms with van der Waals surface area (Å²) in [5.41, 5.74) is 7.52. The molecule has 4 nitrogen and oxygen atoms in total. The minimum Gasteiger partial charge on any atom is -0.345 e.